The molecule has 0 aliphatic carbocycles. The van der Waals surface area contributed by atoms with Crippen molar-refractivity contribution in [3.8, 4) is 11.1 Å². The summed E-state index contributed by atoms with van der Waals surface area (Å²) >= 11 is 0. The largest absolute Gasteiger partial charge is 0.393 e. The molecule has 140 valence electrons. The van der Waals surface area contributed by atoms with Gasteiger partial charge in [0.05, 0.1) is 11.6 Å². The predicted octanol–water partition coefficient (Wildman–Crippen LogP) is 4.43. The van der Waals surface area contributed by atoms with Crippen molar-refractivity contribution in [2.45, 2.75) is 32.3 Å². The molecule has 2 aromatic carbocycles. The molecule has 0 saturated carbocycles. The smallest absolute Gasteiger partial charge is 0.345 e. The van der Waals surface area contributed by atoms with Crippen LogP contribution < -0.4 is 5.69 Å². The molecule has 0 amide bonds. The number of unbranched alkanes of at least 4 members (excludes halogenated alkanes) is 1. The molecule has 3 aromatic rings. The van der Waals surface area contributed by atoms with Crippen LogP contribution in [-0.4, -0.2) is 21.2 Å². The molecule has 1 unspecified atom stereocenters. The first-order valence-corrected chi connectivity index (χ1v) is 8.78. The summed E-state index contributed by atoms with van der Waals surface area (Å²) in [5.74, 6) is -1.82. The maximum Gasteiger partial charge on any atom is 0.345 e. The minimum absolute atomic E-state index is 0.145. The lowest BCUT2D eigenvalue weighted by molar-refractivity contribution is 0.182. The van der Waals surface area contributed by atoms with Gasteiger partial charge in [0.1, 0.15) is 0 Å². The molecule has 6 heteroatoms. The molecule has 0 saturated heterocycles. The molecule has 2 N–H and O–H groups in total. The van der Waals surface area contributed by atoms with Crippen molar-refractivity contribution in [3.05, 3.63) is 70.3 Å². The number of H-pyrrole nitrogens is 1. The third-order valence-corrected chi connectivity index (χ3v) is 4.33. The molecule has 0 radical (unpaired) electrons. The zero-order chi connectivity index (χ0) is 19.4. The number of allylic oxidation sites excluding steroid dienone is 1. The minimum Gasteiger partial charge on any atom is -0.393 e. The van der Waals surface area contributed by atoms with Crippen LogP contribution in [-0.2, 0) is 0 Å². The molecule has 0 aliphatic heterocycles. The van der Waals surface area contributed by atoms with Crippen molar-refractivity contribution in [1.82, 2.24) is 9.97 Å². The van der Waals surface area contributed by atoms with Gasteiger partial charge in [-0.25, -0.2) is 18.6 Å². The van der Waals surface area contributed by atoms with E-state index in [4.69, 9.17) is 0 Å². The summed E-state index contributed by atoms with van der Waals surface area (Å²) in [6, 6.07) is 7.99. The minimum atomic E-state index is -0.919. The fraction of sp³-hybridized carbons (Fsp3) is 0.238. The fourth-order valence-electron chi connectivity index (χ4n) is 2.88. The topological polar surface area (TPSA) is 66.0 Å². The van der Waals surface area contributed by atoms with Gasteiger partial charge in [0.15, 0.2) is 11.6 Å². The van der Waals surface area contributed by atoms with E-state index in [1.54, 1.807) is 37.3 Å². The highest BCUT2D eigenvalue weighted by Gasteiger charge is 2.14. The number of nitrogens with zero attached hydrogens (tertiary/aromatic N) is 1. The third kappa shape index (κ3) is 4.46. The van der Waals surface area contributed by atoms with Crippen LogP contribution in [0.3, 0.4) is 0 Å². The Kier molecular flexibility index (Phi) is 5.76. The maximum atomic E-state index is 14.6. The van der Waals surface area contributed by atoms with Crippen LogP contribution in [0.4, 0.5) is 8.78 Å². The Hall–Kier alpha value is -2.86. The first kappa shape index (κ1) is 18.9. The van der Waals surface area contributed by atoms with E-state index in [0.717, 1.165) is 6.42 Å². The Morgan fingerprint density at radius 3 is 2.81 bits per heavy atom. The van der Waals surface area contributed by atoms with Gasteiger partial charge in [-0.3, -0.25) is 0 Å². The number of aliphatic hydroxyl groups is 1. The summed E-state index contributed by atoms with van der Waals surface area (Å²) < 4.78 is 29.0. The lowest BCUT2D eigenvalue weighted by atomic mass is 10.0. The van der Waals surface area contributed by atoms with E-state index >= 15 is 0 Å². The monoisotopic (exact) mass is 370 g/mol. The average Bonchev–Trinajstić information content (AvgIpc) is 2.64. The Bertz CT molecular complexity index is 1040. The van der Waals surface area contributed by atoms with Gasteiger partial charge in [0, 0.05) is 22.7 Å². The summed E-state index contributed by atoms with van der Waals surface area (Å²) in [7, 11) is 0. The zero-order valence-corrected chi connectivity index (χ0v) is 14.9. The molecule has 27 heavy (non-hydrogen) atoms. The lowest BCUT2D eigenvalue weighted by Crippen LogP contribution is -2.08. The van der Waals surface area contributed by atoms with E-state index in [0.29, 0.717) is 29.3 Å². The second-order valence-corrected chi connectivity index (χ2v) is 6.50. The summed E-state index contributed by atoms with van der Waals surface area (Å²) in [5.41, 5.74) is 0.945. The summed E-state index contributed by atoms with van der Waals surface area (Å²) in [5, 5.41) is 9.85. The van der Waals surface area contributed by atoms with Gasteiger partial charge >= 0.3 is 5.69 Å². The normalized spacial score (nSPS) is 12.7. The Balaban J connectivity index is 1.85. The summed E-state index contributed by atoms with van der Waals surface area (Å²) in [6.45, 7) is 1.72. The molecule has 1 atom stereocenters. The predicted molar refractivity (Wildman–Crippen MR) is 102 cm³/mol. The Morgan fingerprint density at radius 1 is 1.22 bits per heavy atom. The van der Waals surface area contributed by atoms with E-state index in [1.165, 1.54) is 18.3 Å². The van der Waals surface area contributed by atoms with Crippen LogP contribution in [0.25, 0.3) is 28.1 Å². The number of fused-ring (bicyclic) bond motifs is 1. The highest BCUT2D eigenvalue weighted by Crippen LogP contribution is 2.28. The summed E-state index contributed by atoms with van der Waals surface area (Å²) in [6.07, 6.45) is 6.50. The van der Waals surface area contributed by atoms with E-state index in [-0.39, 0.29) is 17.2 Å². The van der Waals surface area contributed by atoms with Crippen molar-refractivity contribution >= 4 is 17.0 Å². The van der Waals surface area contributed by atoms with Gasteiger partial charge < -0.3 is 10.1 Å². The SMILES string of the molecule is CC(O)CCCC=Cc1ccc(-c2ccc3[nH]c(=O)ncc3c2)c(F)c1F. The number of nitrogens with one attached hydrogen (secondary N) is 1. The van der Waals surface area contributed by atoms with Gasteiger partial charge in [-0.05, 0) is 43.9 Å². The second-order valence-electron chi connectivity index (χ2n) is 6.50. The maximum absolute atomic E-state index is 14.6. The van der Waals surface area contributed by atoms with Crippen molar-refractivity contribution in [3.63, 3.8) is 0 Å². The average molecular weight is 370 g/mol. The van der Waals surface area contributed by atoms with Crippen LogP contribution in [0.5, 0.6) is 0 Å². The fourth-order valence-corrected chi connectivity index (χ4v) is 2.88. The van der Waals surface area contributed by atoms with Gasteiger partial charge in [-0.2, -0.15) is 0 Å². The molecule has 0 fully saturated rings. The van der Waals surface area contributed by atoms with Gasteiger partial charge in [-0.1, -0.05) is 30.4 Å². The number of hydrogen-bond donors (Lipinski definition) is 2. The number of halogens is 2. The van der Waals surface area contributed by atoms with Gasteiger partial charge in [0.2, 0.25) is 0 Å². The molecule has 0 bridgehead atoms. The van der Waals surface area contributed by atoms with Gasteiger partial charge in [-0.15, -0.1) is 0 Å². The van der Waals surface area contributed by atoms with Gasteiger partial charge in [0.25, 0.3) is 0 Å². The molecule has 3 rings (SSSR count). The van der Waals surface area contributed by atoms with E-state index < -0.39 is 17.3 Å². The zero-order valence-electron chi connectivity index (χ0n) is 14.9. The van der Waals surface area contributed by atoms with Crippen molar-refractivity contribution in [2.24, 2.45) is 0 Å². The highest BCUT2D eigenvalue weighted by atomic mass is 19.2. The summed E-state index contributed by atoms with van der Waals surface area (Å²) in [4.78, 5) is 17.5. The quantitative estimate of drug-likeness (QED) is 0.631. The standard InChI is InChI=1S/C21H20F2N2O2/c1-13(26)5-3-2-4-6-14-7-9-17(20(23)19(14)22)15-8-10-18-16(11-15)12-24-21(27)25-18/h4,6-13,26H,2-3,5H2,1H3,(H,24,25,27). The van der Waals surface area contributed by atoms with Crippen LogP contribution in [0.2, 0.25) is 0 Å². The van der Waals surface area contributed by atoms with Crippen molar-refractivity contribution in [1.29, 1.82) is 0 Å². The molecule has 1 aromatic heterocycles. The van der Waals surface area contributed by atoms with E-state index in [9.17, 15) is 18.7 Å². The molecule has 0 aliphatic rings. The van der Waals surface area contributed by atoms with Crippen LogP contribution in [0.1, 0.15) is 31.7 Å². The van der Waals surface area contributed by atoms with Crippen LogP contribution >= 0.6 is 0 Å². The molecular weight excluding hydrogens is 350 g/mol. The number of rotatable bonds is 6. The molecular formula is C21H20F2N2O2. The highest BCUT2D eigenvalue weighted by molar-refractivity contribution is 5.84. The van der Waals surface area contributed by atoms with Crippen molar-refractivity contribution < 1.29 is 13.9 Å². The number of hydrogen-bond acceptors (Lipinski definition) is 3. The van der Waals surface area contributed by atoms with Crippen molar-refractivity contribution in [2.75, 3.05) is 0 Å². The molecule has 4 nitrogen and oxygen atoms in total. The third-order valence-electron chi connectivity index (χ3n) is 4.33. The molecule has 1 heterocycles. The second kappa shape index (κ2) is 8.22. The number of aromatic nitrogens is 2. The first-order chi connectivity index (χ1) is 13.0. The Morgan fingerprint density at radius 2 is 2.04 bits per heavy atom. The number of benzene rings is 2. The van der Waals surface area contributed by atoms with Crippen LogP contribution in [0, 0.1) is 11.6 Å². The molecule has 0 spiro atoms. The first-order valence-electron chi connectivity index (χ1n) is 8.78. The number of aliphatic hydroxyl groups excluding tert-OH is 1. The van der Waals surface area contributed by atoms with E-state index in [1.807, 2.05) is 0 Å². The van der Waals surface area contributed by atoms with E-state index in [2.05, 4.69) is 9.97 Å². The van der Waals surface area contributed by atoms with Crippen LogP contribution in [0.15, 0.2) is 47.4 Å². The Labute approximate surface area is 155 Å². The lowest BCUT2D eigenvalue weighted by Gasteiger charge is -2.08. The number of aromatic amines is 1.